The third-order valence-electron chi connectivity index (χ3n) is 4.04. The highest BCUT2D eigenvalue weighted by Gasteiger charge is 2.48. The van der Waals surface area contributed by atoms with Crippen molar-refractivity contribution in [1.29, 1.82) is 5.41 Å². The summed E-state index contributed by atoms with van der Waals surface area (Å²) >= 11 is 0. The molecule has 2 amide bonds. The van der Waals surface area contributed by atoms with Crippen LogP contribution in [0.2, 0.25) is 0 Å². The number of nitrogens with one attached hydrogen (secondary N) is 2. The van der Waals surface area contributed by atoms with Gasteiger partial charge in [0.05, 0.1) is 11.5 Å². The van der Waals surface area contributed by atoms with E-state index in [1.54, 1.807) is 29.1 Å². The van der Waals surface area contributed by atoms with Crippen molar-refractivity contribution in [2.45, 2.75) is 18.9 Å². The van der Waals surface area contributed by atoms with Crippen molar-refractivity contribution in [2.24, 2.45) is 0 Å². The Hall–Kier alpha value is -3.11. The average Bonchev–Trinajstić information content (AvgIpc) is 2.54. The van der Waals surface area contributed by atoms with Gasteiger partial charge in [-0.1, -0.05) is 18.2 Å². The van der Waals surface area contributed by atoms with E-state index in [4.69, 9.17) is 5.41 Å². The number of imide groups is 1. The third-order valence-corrected chi connectivity index (χ3v) is 4.04. The monoisotopic (exact) mass is 324 g/mol. The highest BCUT2D eigenvalue weighted by Crippen LogP contribution is 2.35. The molecule has 1 saturated heterocycles. The quantitative estimate of drug-likeness (QED) is 0.381. The van der Waals surface area contributed by atoms with Crippen LogP contribution in [0.25, 0.3) is 0 Å². The van der Waals surface area contributed by atoms with Crippen LogP contribution >= 0.6 is 0 Å². The van der Waals surface area contributed by atoms with Crippen molar-refractivity contribution in [3.63, 3.8) is 0 Å². The Morgan fingerprint density at radius 1 is 1.21 bits per heavy atom. The molecule has 6 heteroatoms. The molecule has 3 rings (SSSR count). The molecule has 5 nitrogen and oxygen atoms in total. The summed E-state index contributed by atoms with van der Waals surface area (Å²) < 4.78 is 16.0. The molecule has 0 radical (unpaired) electrons. The van der Waals surface area contributed by atoms with Crippen molar-refractivity contribution >= 4 is 17.7 Å². The molecule has 1 aliphatic rings. The number of carbonyl (C=O) groups excluding carboxylic acids is 2. The van der Waals surface area contributed by atoms with Crippen LogP contribution < -0.4 is 9.88 Å². The Morgan fingerprint density at radius 2 is 1.96 bits per heavy atom. The number of halogens is 1. The fraction of sp³-hybridized carbons (Fsp3) is 0.167. The lowest BCUT2D eigenvalue weighted by Gasteiger charge is -2.27. The molecular formula is C18H15FN3O2+. The van der Waals surface area contributed by atoms with Crippen LogP contribution in [0, 0.1) is 18.2 Å². The van der Waals surface area contributed by atoms with Crippen LogP contribution in [0.15, 0.2) is 54.4 Å². The molecule has 120 valence electrons. The lowest BCUT2D eigenvalue weighted by molar-refractivity contribution is -0.711. The summed E-state index contributed by atoms with van der Waals surface area (Å²) in [7, 11) is 0. The summed E-state index contributed by atoms with van der Waals surface area (Å²) in [6.45, 7) is 1.87. The third kappa shape index (κ3) is 2.64. The second kappa shape index (κ2) is 6.18. The summed E-state index contributed by atoms with van der Waals surface area (Å²) in [5.41, 5.74) is 1.03. The predicted octanol–water partition coefficient (Wildman–Crippen LogP) is 1.58. The molecule has 0 spiro atoms. The number of aromatic nitrogens is 1. The van der Waals surface area contributed by atoms with Crippen molar-refractivity contribution in [3.8, 4) is 0 Å². The van der Waals surface area contributed by atoms with Crippen LogP contribution in [-0.4, -0.2) is 17.7 Å². The predicted molar refractivity (Wildman–Crippen MR) is 83.9 cm³/mol. The van der Waals surface area contributed by atoms with Gasteiger partial charge in [-0.25, -0.2) is 4.39 Å². The SMILES string of the molecule is Cc1ccc[n+]([C@H]2C(=O)NC(=O)C(=C=N)[C@@H]2c2ccccc2F)c1. The Morgan fingerprint density at radius 3 is 2.62 bits per heavy atom. The van der Waals surface area contributed by atoms with Crippen molar-refractivity contribution in [2.75, 3.05) is 0 Å². The van der Waals surface area contributed by atoms with Crippen LogP contribution in [0.1, 0.15) is 23.1 Å². The van der Waals surface area contributed by atoms with Gasteiger partial charge in [0.25, 0.3) is 11.8 Å². The molecule has 24 heavy (non-hydrogen) atoms. The zero-order valence-electron chi connectivity index (χ0n) is 12.9. The van der Waals surface area contributed by atoms with Gasteiger partial charge in [0.2, 0.25) is 6.04 Å². The standard InChI is InChI=1S/C18H14FN3O2/c1-11-5-4-8-22(10-11)16-15(12-6-2-3-7-14(12)19)13(9-20)17(23)21-18(16)24/h2-8,10,15-16,20H,1H3/p+1/t15-,16+/m0/s1. The number of pyridine rings is 1. The van der Waals surface area contributed by atoms with Gasteiger partial charge in [0.1, 0.15) is 5.82 Å². The molecule has 1 aliphatic heterocycles. The van der Waals surface area contributed by atoms with Gasteiger partial charge < -0.3 is 0 Å². The van der Waals surface area contributed by atoms with E-state index in [1.807, 2.05) is 13.0 Å². The molecule has 1 aromatic heterocycles. The number of benzene rings is 1. The number of aryl methyl sites for hydroxylation is 1. The summed E-state index contributed by atoms with van der Waals surface area (Å²) in [4.78, 5) is 24.6. The van der Waals surface area contributed by atoms with E-state index in [0.717, 1.165) is 5.56 Å². The molecule has 1 aromatic carbocycles. The Bertz CT molecular complexity index is 887. The Labute approximate surface area is 138 Å². The fourth-order valence-corrected chi connectivity index (χ4v) is 2.99. The maximum absolute atomic E-state index is 14.4. The zero-order valence-corrected chi connectivity index (χ0v) is 12.9. The summed E-state index contributed by atoms with van der Waals surface area (Å²) in [5, 5.41) is 9.67. The van der Waals surface area contributed by atoms with Crippen molar-refractivity contribution < 1.29 is 18.5 Å². The summed E-state index contributed by atoms with van der Waals surface area (Å²) in [6, 6.07) is 8.71. The van der Waals surface area contributed by atoms with E-state index in [2.05, 4.69) is 11.2 Å². The number of amides is 2. The molecule has 2 heterocycles. The van der Waals surface area contributed by atoms with E-state index >= 15 is 0 Å². The van der Waals surface area contributed by atoms with E-state index in [9.17, 15) is 14.0 Å². The van der Waals surface area contributed by atoms with Crippen LogP contribution in [-0.2, 0) is 9.59 Å². The number of piperidine rings is 1. The van der Waals surface area contributed by atoms with E-state index in [0.29, 0.717) is 0 Å². The first-order valence-electron chi connectivity index (χ1n) is 7.39. The molecule has 1 fully saturated rings. The van der Waals surface area contributed by atoms with Gasteiger partial charge in [-0.2, -0.15) is 4.57 Å². The topological polar surface area (TPSA) is 73.9 Å². The molecule has 2 atom stereocenters. The van der Waals surface area contributed by atoms with Gasteiger partial charge in [0.15, 0.2) is 12.4 Å². The molecule has 2 aromatic rings. The second-order valence-corrected chi connectivity index (χ2v) is 5.63. The lowest BCUT2D eigenvalue weighted by Crippen LogP contribution is -2.57. The Balaban J connectivity index is 2.23. The van der Waals surface area contributed by atoms with Gasteiger partial charge in [-0.15, -0.1) is 0 Å². The lowest BCUT2D eigenvalue weighted by atomic mass is 9.81. The number of nitrogens with zero attached hydrogens (tertiary/aromatic N) is 1. The van der Waals surface area contributed by atoms with Crippen molar-refractivity contribution in [3.05, 3.63) is 71.3 Å². The minimum Gasteiger partial charge on any atom is -0.286 e. The number of rotatable bonds is 2. The highest BCUT2D eigenvalue weighted by molar-refractivity contribution is 6.13. The van der Waals surface area contributed by atoms with E-state index in [-0.39, 0.29) is 11.1 Å². The van der Waals surface area contributed by atoms with Crippen molar-refractivity contribution in [1.82, 2.24) is 5.32 Å². The molecule has 0 bridgehead atoms. The first-order valence-corrected chi connectivity index (χ1v) is 7.39. The highest BCUT2D eigenvalue weighted by atomic mass is 19.1. The smallest absolute Gasteiger partial charge is 0.286 e. The first-order chi connectivity index (χ1) is 11.5. The van der Waals surface area contributed by atoms with E-state index < -0.39 is 29.6 Å². The largest absolute Gasteiger partial charge is 0.296 e. The van der Waals surface area contributed by atoms with Crippen LogP contribution in [0.5, 0.6) is 0 Å². The fourth-order valence-electron chi connectivity index (χ4n) is 2.99. The number of hydrogen-bond acceptors (Lipinski definition) is 3. The maximum Gasteiger partial charge on any atom is 0.296 e. The van der Waals surface area contributed by atoms with Gasteiger partial charge >= 0.3 is 0 Å². The molecule has 0 aliphatic carbocycles. The zero-order chi connectivity index (χ0) is 17.3. The maximum atomic E-state index is 14.4. The minimum atomic E-state index is -0.920. The molecule has 0 unspecified atom stereocenters. The van der Waals surface area contributed by atoms with Crippen LogP contribution in [0.3, 0.4) is 0 Å². The normalized spacial score (nSPS) is 20.5. The molecule has 0 saturated carbocycles. The Kier molecular flexibility index (Phi) is 4.06. The molecular weight excluding hydrogens is 309 g/mol. The van der Waals surface area contributed by atoms with E-state index in [1.165, 1.54) is 18.2 Å². The number of hydrogen-bond donors (Lipinski definition) is 2. The number of carbonyl (C=O) groups is 2. The average molecular weight is 324 g/mol. The summed E-state index contributed by atoms with van der Waals surface area (Å²) in [6.07, 6.45) is 3.43. The van der Waals surface area contributed by atoms with Crippen LogP contribution in [0.4, 0.5) is 4.39 Å². The first kappa shape index (κ1) is 15.8. The van der Waals surface area contributed by atoms with Gasteiger partial charge in [0, 0.05) is 17.2 Å². The van der Waals surface area contributed by atoms with Gasteiger partial charge in [-0.3, -0.25) is 20.3 Å². The minimum absolute atomic E-state index is 0.0706. The summed E-state index contributed by atoms with van der Waals surface area (Å²) in [5.74, 6) is -0.618. The second-order valence-electron chi connectivity index (χ2n) is 5.63. The van der Waals surface area contributed by atoms with Gasteiger partial charge in [-0.05, 0) is 24.9 Å². The molecule has 2 N–H and O–H groups in total.